The van der Waals surface area contributed by atoms with Gasteiger partial charge in [-0.05, 0) is 29.9 Å². The first-order valence-electron chi connectivity index (χ1n) is 8.24. The number of halogens is 1. The Morgan fingerprint density at radius 2 is 1.89 bits per heavy atom. The van der Waals surface area contributed by atoms with E-state index in [2.05, 4.69) is 32.5 Å². The third-order valence-electron chi connectivity index (χ3n) is 3.93. The van der Waals surface area contributed by atoms with Gasteiger partial charge in [-0.15, -0.1) is 0 Å². The first-order valence-corrected chi connectivity index (χ1v) is 9.02. The van der Waals surface area contributed by atoms with Gasteiger partial charge in [0.25, 0.3) is 0 Å². The lowest BCUT2D eigenvalue weighted by Gasteiger charge is -2.02. The highest BCUT2D eigenvalue weighted by Crippen LogP contribution is 2.25. The molecule has 0 unspecified atom stereocenters. The van der Waals surface area contributed by atoms with Crippen molar-refractivity contribution < 1.29 is 0 Å². The molecule has 2 heterocycles. The number of H-pyrrole nitrogens is 1. The molecule has 0 amide bonds. The smallest absolute Gasteiger partial charge is 0.216 e. The van der Waals surface area contributed by atoms with Crippen molar-refractivity contribution in [2.24, 2.45) is 5.10 Å². The van der Waals surface area contributed by atoms with Crippen molar-refractivity contribution in [3.63, 3.8) is 0 Å². The number of hydrogen-bond donors (Lipinski definition) is 1. The van der Waals surface area contributed by atoms with Crippen molar-refractivity contribution in [1.29, 1.82) is 0 Å². The zero-order chi connectivity index (χ0) is 18.6. The maximum Gasteiger partial charge on any atom is 0.216 e. The Hall–Kier alpha value is -3.03. The zero-order valence-electron chi connectivity index (χ0n) is 14.2. The molecule has 134 valence electrons. The number of benzene rings is 2. The maximum absolute atomic E-state index is 6.27. The summed E-state index contributed by atoms with van der Waals surface area (Å²) in [7, 11) is 0. The van der Waals surface area contributed by atoms with E-state index in [-0.39, 0.29) is 0 Å². The predicted molar refractivity (Wildman–Crippen MR) is 109 cm³/mol. The quantitative estimate of drug-likeness (QED) is 0.403. The standard InChI is InChI=1S/C19H15ClN6S/c20-17-9-5-4-8-16(17)18-23-24-19(27)26(18)22-11-15-10-21-25(13-15)12-14-6-2-1-3-7-14/h1-11,13H,12H2,(H,24,27)/b22-11-. The fourth-order valence-corrected chi connectivity index (χ4v) is 3.04. The molecule has 0 spiro atoms. The number of nitrogens with zero attached hydrogens (tertiary/aromatic N) is 5. The highest BCUT2D eigenvalue weighted by Gasteiger charge is 2.11. The van der Waals surface area contributed by atoms with Gasteiger partial charge in [0.05, 0.1) is 24.0 Å². The lowest BCUT2D eigenvalue weighted by Crippen LogP contribution is -1.99. The molecule has 27 heavy (non-hydrogen) atoms. The van der Waals surface area contributed by atoms with E-state index < -0.39 is 0 Å². The second kappa shape index (κ2) is 7.69. The third-order valence-corrected chi connectivity index (χ3v) is 4.52. The lowest BCUT2D eigenvalue weighted by molar-refractivity contribution is 0.687. The average Bonchev–Trinajstić information content (AvgIpc) is 3.28. The van der Waals surface area contributed by atoms with Crippen molar-refractivity contribution in [3.05, 3.63) is 87.9 Å². The van der Waals surface area contributed by atoms with Crippen molar-refractivity contribution in [2.45, 2.75) is 6.54 Å². The summed E-state index contributed by atoms with van der Waals surface area (Å²) < 4.78 is 3.80. The van der Waals surface area contributed by atoms with Gasteiger partial charge in [0.2, 0.25) is 4.77 Å². The van der Waals surface area contributed by atoms with Crippen LogP contribution in [0.3, 0.4) is 0 Å². The molecule has 2 aromatic carbocycles. The first kappa shape index (κ1) is 17.4. The summed E-state index contributed by atoms with van der Waals surface area (Å²) in [5.41, 5.74) is 2.80. The summed E-state index contributed by atoms with van der Waals surface area (Å²) in [6.45, 7) is 0.699. The van der Waals surface area contributed by atoms with E-state index in [1.807, 2.05) is 47.3 Å². The summed E-state index contributed by atoms with van der Waals surface area (Å²) in [6.07, 6.45) is 5.38. The molecule has 0 fully saturated rings. The van der Waals surface area contributed by atoms with Crippen molar-refractivity contribution in [1.82, 2.24) is 24.7 Å². The molecule has 1 N–H and O–H groups in total. The van der Waals surface area contributed by atoms with Crippen LogP contribution in [0.1, 0.15) is 11.1 Å². The van der Waals surface area contributed by atoms with Crippen molar-refractivity contribution in [2.75, 3.05) is 0 Å². The Kier molecular flexibility index (Phi) is 4.95. The molecule has 0 aliphatic heterocycles. The van der Waals surface area contributed by atoms with Crippen LogP contribution in [0.4, 0.5) is 0 Å². The molecule has 0 bridgehead atoms. The van der Waals surface area contributed by atoms with Crippen LogP contribution >= 0.6 is 23.8 Å². The topological polar surface area (TPSA) is 63.8 Å². The lowest BCUT2D eigenvalue weighted by atomic mass is 10.2. The largest absolute Gasteiger partial charge is 0.268 e. The van der Waals surface area contributed by atoms with Gasteiger partial charge in [-0.1, -0.05) is 54.1 Å². The fraction of sp³-hybridized carbons (Fsp3) is 0.0526. The number of aromatic nitrogens is 5. The minimum Gasteiger partial charge on any atom is -0.268 e. The fourth-order valence-electron chi connectivity index (χ4n) is 2.64. The van der Waals surface area contributed by atoms with Gasteiger partial charge in [0, 0.05) is 17.3 Å². The average molecular weight is 395 g/mol. The second-order valence-electron chi connectivity index (χ2n) is 5.85. The van der Waals surface area contributed by atoms with Gasteiger partial charge in [0.15, 0.2) is 5.82 Å². The summed E-state index contributed by atoms with van der Waals surface area (Å²) in [5, 5.41) is 16.4. The first-order chi connectivity index (χ1) is 13.2. The van der Waals surface area contributed by atoms with Crippen LogP contribution in [0.15, 0.2) is 72.1 Å². The molecule has 4 aromatic rings. The van der Waals surface area contributed by atoms with Crippen LogP contribution in [0, 0.1) is 4.77 Å². The highest BCUT2D eigenvalue weighted by molar-refractivity contribution is 7.71. The van der Waals surface area contributed by atoms with Crippen LogP contribution < -0.4 is 0 Å². The minimum atomic E-state index is 0.387. The third kappa shape index (κ3) is 3.89. The van der Waals surface area contributed by atoms with Crippen LogP contribution in [-0.2, 0) is 6.54 Å². The van der Waals surface area contributed by atoms with Crippen LogP contribution in [0.2, 0.25) is 5.02 Å². The number of nitrogens with one attached hydrogen (secondary N) is 1. The molecule has 0 radical (unpaired) electrons. The van der Waals surface area contributed by atoms with Gasteiger partial charge in [-0.2, -0.15) is 20.0 Å². The van der Waals surface area contributed by atoms with Crippen molar-refractivity contribution >= 4 is 30.0 Å². The SMILES string of the molecule is S=c1[nH]nc(-c2ccccc2Cl)n1/N=C\c1cnn(Cc2ccccc2)c1. The number of hydrogen-bond acceptors (Lipinski definition) is 4. The summed E-state index contributed by atoms with van der Waals surface area (Å²) in [4.78, 5) is 0. The van der Waals surface area contributed by atoms with Gasteiger partial charge in [0.1, 0.15) is 0 Å². The van der Waals surface area contributed by atoms with Crippen LogP contribution in [0.5, 0.6) is 0 Å². The van der Waals surface area contributed by atoms with E-state index in [4.69, 9.17) is 23.8 Å². The Morgan fingerprint density at radius 3 is 2.70 bits per heavy atom. The van der Waals surface area contributed by atoms with E-state index >= 15 is 0 Å². The summed E-state index contributed by atoms with van der Waals surface area (Å²) in [6, 6.07) is 17.6. The number of rotatable bonds is 5. The molecule has 4 rings (SSSR count). The molecule has 0 aliphatic carbocycles. The van der Waals surface area contributed by atoms with Gasteiger partial charge in [-0.25, -0.2) is 5.10 Å². The molecule has 0 atom stereocenters. The Bertz CT molecular complexity index is 1140. The predicted octanol–water partition coefficient (Wildman–Crippen LogP) is 4.39. The summed E-state index contributed by atoms with van der Waals surface area (Å²) >= 11 is 11.6. The van der Waals surface area contributed by atoms with Gasteiger partial charge >= 0.3 is 0 Å². The molecule has 6 nitrogen and oxygen atoms in total. The van der Waals surface area contributed by atoms with Gasteiger partial charge in [-0.3, -0.25) is 4.68 Å². The molecular weight excluding hydrogens is 380 g/mol. The Morgan fingerprint density at radius 1 is 1.11 bits per heavy atom. The summed E-state index contributed by atoms with van der Waals surface area (Å²) in [5.74, 6) is 0.554. The minimum absolute atomic E-state index is 0.387. The van der Waals surface area contributed by atoms with E-state index in [9.17, 15) is 0 Å². The van der Waals surface area contributed by atoms with E-state index in [1.165, 1.54) is 5.56 Å². The molecule has 0 saturated carbocycles. The monoisotopic (exact) mass is 394 g/mol. The molecule has 0 saturated heterocycles. The zero-order valence-corrected chi connectivity index (χ0v) is 15.7. The van der Waals surface area contributed by atoms with E-state index in [0.717, 1.165) is 11.1 Å². The molecule has 2 aromatic heterocycles. The molecular formula is C19H15ClN6S. The Balaban J connectivity index is 1.59. The van der Waals surface area contributed by atoms with E-state index in [0.29, 0.717) is 22.2 Å². The normalized spacial score (nSPS) is 11.3. The Labute approximate surface area is 165 Å². The second-order valence-corrected chi connectivity index (χ2v) is 6.64. The molecule has 8 heteroatoms. The van der Waals surface area contributed by atoms with Gasteiger partial charge < -0.3 is 0 Å². The maximum atomic E-state index is 6.27. The van der Waals surface area contributed by atoms with Crippen molar-refractivity contribution in [3.8, 4) is 11.4 Å². The highest BCUT2D eigenvalue weighted by atomic mass is 35.5. The number of aromatic amines is 1. The van der Waals surface area contributed by atoms with E-state index in [1.54, 1.807) is 23.2 Å². The van der Waals surface area contributed by atoms with Crippen LogP contribution in [0.25, 0.3) is 11.4 Å². The molecule has 0 aliphatic rings. The van der Waals surface area contributed by atoms with Crippen LogP contribution in [-0.4, -0.2) is 30.9 Å².